The van der Waals surface area contributed by atoms with Crippen LogP contribution in [0.3, 0.4) is 0 Å². The molecule has 0 unspecified atom stereocenters. The molecule has 2 heterocycles. The zero-order chi connectivity index (χ0) is 21.3. The lowest BCUT2D eigenvalue weighted by Crippen LogP contribution is -2.36. The van der Waals surface area contributed by atoms with Crippen LogP contribution >= 0.6 is 0 Å². The second-order valence-corrected chi connectivity index (χ2v) is 8.49. The van der Waals surface area contributed by atoms with E-state index in [0.29, 0.717) is 29.1 Å². The summed E-state index contributed by atoms with van der Waals surface area (Å²) in [6.07, 6.45) is -0.759. The van der Waals surface area contributed by atoms with E-state index in [-0.39, 0.29) is 23.9 Å². The first kappa shape index (κ1) is 19.8. The molecule has 1 aromatic heterocycles. The molecule has 8 nitrogen and oxygen atoms in total. The van der Waals surface area contributed by atoms with Crippen LogP contribution in [0.4, 0.5) is 4.79 Å². The van der Waals surface area contributed by atoms with Gasteiger partial charge in [0.05, 0.1) is 17.8 Å². The number of aryl methyl sites for hydroxylation is 1. The van der Waals surface area contributed by atoms with Gasteiger partial charge < -0.3 is 14.2 Å². The van der Waals surface area contributed by atoms with Gasteiger partial charge in [-0.1, -0.05) is 48.0 Å². The highest BCUT2D eigenvalue weighted by molar-refractivity contribution is 7.87. The van der Waals surface area contributed by atoms with Gasteiger partial charge in [0, 0.05) is 18.5 Å². The van der Waals surface area contributed by atoms with Gasteiger partial charge in [-0.15, -0.1) is 0 Å². The predicted molar refractivity (Wildman–Crippen MR) is 109 cm³/mol. The average Bonchev–Trinajstić information content (AvgIpc) is 2.74. The van der Waals surface area contributed by atoms with Crippen molar-refractivity contribution in [3.8, 4) is 17.3 Å². The van der Waals surface area contributed by atoms with Gasteiger partial charge in [-0.3, -0.25) is 0 Å². The molecule has 0 fully saturated rings. The zero-order valence-electron chi connectivity index (χ0n) is 16.1. The minimum absolute atomic E-state index is 0.00683. The van der Waals surface area contributed by atoms with E-state index in [9.17, 15) is 18.3 Å². The first-order valence-electron chi connectivity index (χ1n) is 9.28. The number of carbonyl (C=O) groups is 1. The van der Waals surface area contributed by atoms with E-state index in [0.717, 1.165) is 5.56 Å². The Kier molecular flexibility index (Phi) is 5.13. The Bertz CT molecular complexity index is 1200. The highest BCUT2D eigenvalue weighted by Gasteiger charge is 2.29. The predicted octanol–water partition coefficient (Wildman–Crippen LogP) is 3.26. The molecule has 0 bridgehead atoms. The monoisotopic (exact) mass is 425 g/mol. The van der Waals surface area contributed by atoms with E-state index >= 15 is 0 Å². The van der Waals surface area contributed by atoms with Crippen molar-refractivity contribution in [1.29, 1.82) is 0 Å². The summed E-state index contributed by atoms with van der Waals surface area (Å²) in [7, 11) is -4.16. The molecule has 1 amide bonds. The lowest BCUT2D eigenvalue weighted by Gasteiger charge is -2.27. The summed E-state index contributed by atoms with van der Waals surface area (Å²) in [6, 6.07) is 15.4. The van der Waals surface area contributed by atoms with Gasteiger partial charge in [-0.05, 0) is 19.1 Å². The van der Waals surface area contributed by atoms with Crippen molar-refractivity contribution in [3.63, 3.8) is 0 Å². The summed E-state index contributed by atoms with van der Waals surface area (Å²) >= 11 is 0. The molecule has 154 valence electrons. The summed E-state index contributed by atoms with van der Waals surface area (Å²) in [5.74, 6) is 0.178. The molecular formula is C21H19N3O5S. The number of aromatic nitrogens is 2. The minimum Gasteiger partial charge on any atom is -0.465 e. The largest absolute Gasteiger partial charge is 0.465 e. The van der Waals surface area contributed by atoms with Crippen LogP contribution in [0.2, 0.25) is 0 Å². The third kappa shape index (κ3) is 3.97. The van der Waals surface area contributed by atoms with Crippen molar-refractivity contribution in [2.24, 2.45) is 0 Å². The van der Waals surface area contributed by atoms with Crippen LogP contribution in [0.15, 0.2) is 59.5 Å². The van der Waals surface area contributed by atoms with Crippen LogP contribution < -0.4 is 4.18 Å². The maximum Gasteiger partial charge on any atom is 0.407 e. The standard InChI is InChI=1S/C21H19N3O5S/c1-14-7-9-16(10-8-14)30(27,28)29-20-17-13-24(21(25)26)12-11-18(17)22-19(23-20)15-5-3-2-4-6-15/h2-10H,11-13H2,1H3,(H,25,26). The van der Waals surface area contributed by atoms with Crippen LogP contribution in [0.1, 0.15) is 16.8 Å². The van der Waals surface area contributed by atoms with Crippen LogP contribution in [0.25, 0.3) is 11.4 Å². The van der Waals surface area contributed by atoms with Crippen LogP contribution in [0, 0.1) is 6.92 Å². The second-order valence-electron chi connectivity index (χ2n) is 6.95. The van der Waals surface area contributed by atoms with Gasteiger partial charge in [0.25, 0.3) is 0 Å². The number of benzene rings is 2. The Labute approximate surface area is 173 Å². The van der Waals surface area contributed by atoms with Crippen molar-refractivity contribution in [1.82, 2.24) is 14.9 Å². The Morgan fingerprint density at radius 2 is 1.77 bits per heavy atom. The number of hydrogen-bond acceptors (Lipinski definition) is 6. The van der Waals surface area contributed by atoms with Gasteiger partial charge in [0.1, 0.15) is 4.90 Å². The Hall–Kier alpha value is -3.46. The molecule has 0 spiro atoms. The first-order chi connectivity index (χ1) is 14.3. The molecule has 2 aromatic carbocycles. The lowest BCUT2D eigenvalue weighted by atomic mass is 10.1. The van der Waals surface area contributed by atoms with Crippen LogP contribution in [0.5, 0.6) is 5.88 Å². The zero-order valence-corrected chi connectivity index (χ0v) is 17.0. The van der Waals surface area contributed by atoms with E-state index in [1.54, 1.807) is 12.1 Å². The number of nitrogens with zero attached hydrogens (tertiary/aromatic N) is 3. The van der Waals surface area contributed by atoms with Crippen molar-refractivity contribution in [2.45, 2.75) is 24.8 Å². The molecule has 1 N–H and O–H groups in total. The van der Waals surface area contributed by atoms with Gasteiger partial charge in [0.2, 0.25) is 5.88 Å². The van der Waals surface area contributed by atoms with Crippen molar-refractivity contribution >= 4 is 16.2 Å². The number of hydrogen-bond donors (Lipinski definition) is 1. The van der Waals surface area contributed by atoms with Gasteiger partial charge in [-0.25, -0.2) is 9.78 Å². The fourth-order valence-electron chi connectivity index (χ4n) is 3.19. The molecule has 1 aliphatic rings. The first-order valence-corrected chi connectivity index (χ1v) is 10.7. The van der Waals surface area contributed by atoms with Gasteiger partial charge in [-0.2, -0.15) is 13.4 Å². The second kappa shape index (κ2) is 7.75. The quantitative estimate of drug-likeness (QED) is 0.639. The van der Waals surface area contributed by atoms with E-state index in [2.05, 4.69) is 9.97 Å². The third-order valence-electron chi connectivity index (χ3n) is 4.82. The fraction of sp³-hybridized carbons (Fsp3) is 0.190. The van der Waals surface area contributed by atoms with E-state index in [4.69, 9.17) is 4.18 Å². The molecule has 0 radical (unpaired) electrons. The Morgan fingerprint density at radius 1 is 1.07 bits per heavy atom. The smallest absolute Gasteiger partial charge is 0.407 e. The fourth-order valence-corrected chi connectivity index (χ4v) is 4.10. The summed E-state index contributed by atoms with van der Waals surface area (Å²) in [5, 5.41) is 9.35. The molecule has 0 atom stereocenters. The molecule has 0 saturated heterocycles. The Morgan fingerprint density at radius 3 is 2.43 bits per heavy atom. The normalized spacial score (nSPS) is 13.6. The lowest BCUT2D eigenvalue weighted by molar-refractivity contribution is 0.139. The number of amides is 1. The Balaban J connectivity index is 1.80. The van der Waals surface area contributed by atoms with Crippen molar-refractivity contribution in [2.75, 3.05) is 6.54 Å². The third-order valence-corrected chi connectivity index (χ3v) is 6.05. The van der Waals surface area contributed by atoms with Gasteiger partial charge in [0.15, 0.2) is 5.82 Å². The topological polar surface area (TPSA) is 110 Å². The van der Waals surface area contributed by atoms with E-state index in [1.807, 2.05) is 37.3 Å². The maximum absolute atomic E-state index is 12.8. The summed E-state index contributed by atoms with van der Waals surface area (Å²) in [4.78, 5) is 21.5. The average molecular weight is 425 g/mol. The summed E-state index contributed by atoms with van der Waals surface area (Å²) in [5.41, 5.74) is 2.56. The molecule has 0 saturated carbocycles. The van der Waals surface area contributed by atoms with Crippen molar-refractivity contribution in [3.05, 3.63) is 71.4 Å². The van der Waals surface area contributed by atoms with E-state index < -0.39 is 16.2 Å². The number of fused-ring (bicyclic) bond motifs is 1. The minimum atomic E-state index is -4.16. The molecule has 0 aliphatic carbocycles. The highest BCUT2D eigenvalue weighted by atomic mass is 32.2. The van der Waals surface area contributed by atoms with E-state index in [1.165, 1.54) is 17.0 Å². The summed E-state index contributed by atoms with van der Waals surface area (Å²) < 4.78 is 31.1. The molecule has 9 heteroatoms. The maximum atomic E-state index is 12.8. The van der Waals surface area contributed by atoms with Gasteiger partial charge >= 0.3 is 16.2 Å². The van der Waals surface area contributed by atoms with Crippen LogP contribution in [-0.4, -0.2) is 41.0 Å². The van der Waals surface area contributed by atoms with Crippen molar-refractivity contribution < 1.29 is 22.5 Å². The number of rotatable bonds is 4. The summed E-state index contributed by atoms with van der Waals surface area (Å²) in [6.45, 7) is 2.07. The molecule has 4 rings (SSSR count). The molecular weight excluding hydrogens is 406 g/mol. The highest BCUT2D eigenvalue weighted by Crippen LogP contribution is 2.30. The SMILES string of the molecule is Cc1ccc(S(=O)(=O)Oc2nc(-c3ccccc3)nc3c2CN(C(=O)O)CC3)cc1. The van der Waals surface area contributed by atoms with Crippen LogP contribution in [-0.2, 0) is 23.1 Å². The molecule has 3 aromatic rings. The molecule has 1 aliphatic heterocycles. The molecule has 30 heavy (non-hydrogen) atoms. The number of carboxylic acid groups (broad SMARTS) is 1.